The van der Waals surface area contributed by atoms with Crippen LogP contribution >= 0.6 is 0 Å². The summed E-state index contributed by atoms with van der Waals surface area (Å²) in [5.41, 5.74) is 1.11. The summed E-state index contributed by atoms with van der Waals surface area (Å²) in [6.07, 6.45) is 0.152. The summed E-state index contributed by atoms with van der Waals surface area (Å²) in [6, 6.07) is 14.6. The summed E-state index contributed by atoms with van der Waals surface area (Å²) in [4.78, 5) is 0. The Bertz CT molecular complexity index is 544. The van der Waals surface area contributed by atoms with Crippen LogP contribution in [0.5, 0.6) is 0 Å². The first-order valence-electron chi connectivity index (χ1n) is 5.99. The van der Waals surface area contributed by atoms with E-state index in [1.165, 1.54) is 10.8 Å². The third kappa shape index (κ3) is 1.74. The molecule has 1 heterocycles. The van der Waals surface area contributed by atoms with Crippen LogP contribution in [-0.2, 0) is 15.3 Å². The van der Waals surface area contributed by atoms with Crippen molar-refractivity contribution in [2.24, 2.45) is 0 Å². The van der Waals surface area contributed by atoms with E-state index in [2.05, 4.69) is 30.3 Å². The minimum absolute atomic E-state index is 0.152. The Morgan fingerprint density at radius 3 is 2.65 bits per heavy atom. The van der Waals surface area contributed by atoms with E-state index in [0.29, 0.717) is 6.61 Å². The number of rotatable bonds is 1. The molecule has 0 saturated carbocycles. The highest BCUT2D eigenvalue weighted by molar-refractivity contribution is 5.86. The summed E-state index contributed by atoms with van der Waals surface area (Å²) >= 11 is 0. The van der Waals surface area contributed by atoms with Crippen LogP contribution in [0.4, 0.5) is 0 Å². The molecule has 0 aromatic heterocycles. The lowest BCUT2D eigenvalue weighted by Crippen LogP contribution is -2.23. The number of hydrogen-bond acceptors (Lipinski definition) is 2. The molecule has 0 amide bonds. The maximum Gasteiger partial charge on any atom is 0.193 e. The van der Waals surface area contributed by atoms with Gasteiger partial charge in [0.15, 0.2) is 5.79 Å². The first-order valence-corrected chi connectivity index (χ1v) is 5.99. The van der Waals surface area contributed by atoms with Gasteiger partial charge < -0.3 is 9.47 Å². The molecule has 1 fully saturated rings. The van der Waals surface area contributed by atoms with Gasteiger partial charge in [-0.2, -0.15) is 0 Å². The van der Waals surface area contributed by atoms with Crippen molar-refractivity contribution < 1.29 is 9.47 Å². The van der Waals surface area contributed by atoms with Crippen LogP contribution in [0.3, 0.4) is 0 Å². The lowest BCUT2D eigenvalue weighted by atomic mass is 9.99. The molecule has 2 aromatic rings. The van der Waals surface area contributed by atoms with Crippen molar-refractivity contribution in [2.75, 3.05) is 6.61 Å². The first kappa shape index (κ1) is 10.8. The normalized spacial score (nSPS) is 28.7. The Morgan fingerprint density at radius 2 is 1.88 bits per heavy atom. The molecular weight excluding hydrogens is 212 g/mol. The van der Waals surface area contributed by atoms with E-state index in [1.54, 1.807) is 0 Å². The molecule has 17 heavy (non-hydrogen) atoms. The highest BCUT2D eigenvalue weighted by atomic mass is 16.7. The molecule has 0 spiro atoms. The van der Waals surface area contributed by atoms with Gasteiger partial charge in [-0.25, -0.2) is 0 Å². The maximum absolute atomic E-state index is 5.92. The molecular formula is C15H16O2. The Labute approximate surface area is 101 Å². The molecule has 2 aromatic carbocycles. The van der Waals surface area contributed by atoms with E-state index >= 15 is 0 Å². The van der Waals surface area contributed by atoms with Gasteiger partial charge in [0.2, 0.25) is 0 Å². The molecule has 2 atom stereocenters. The summed E-state index contributed by atoms with van der Waals surface area (Å²) in [5, 5.41) is 2.42. The number of benzene rings is 2. The van der Waals surface area contributed by atoms with E-state index in [9.17, 15) is 0 Å². The molecule has 1 aliphatic rings. The molecule has 0 bridgehead atoms. The minimum atomic E-state index is -0.611. The molecule has 0 aliphatic carbocycles. The number of hydrogen-bond donors (Lipinski definition) is 0. The zero-order valence-electron chi connectivity index (χ0n) is 10.1. The number of fused-ring (bicyclic) bond motifs is 1. The zero-order chi connectivity index (χ0) is 11.9. The Hall–Kier alpha value is -1.38. The van der Waals surface area contributed by atoms with Crippen LogP contribution in [0.25, 0.3) is 10.8 Å². The van der Waals surface area contributed by atoms with Crippen molar-refractivity contribution in [3.05, 3.63) is 48.0 Å². The van der Waals surface area contributed by atoms with Crippen molar-refractivity contribution in [1.29, 1.82) is 0 Å². The molecule has 2 nitrogen and oxygen atoms in total. The monoisotopic (exact) mass is 228 g/mol. The molecule has 0 radical (unpaired) electrons. The van der Waals surface area contributed by atoms with Gasteiger partial charge >= 0.3 is 0 Å². The van der Waals surface area contributed by atoms with Crippen LogP contribution < -0.4 is 0 Å². The lowest BCUT2D eigenvalue weighted by molar-refractivity contribution is -0.158. The van der Waals surface area contributed by atoms with Gasteiger partial charge in [0.05, 0.1) is 12.7 Å². The van der Waals surface area contributed by atoms with Gasteiger partial charge in [0.1, 0.15) is 0 Å². The fourth-order valence-corrected chi connectivity index (χ4v) is 2.49. The van der Waals surface area contributed by atoms with Gasteiger partial charge in [-0.1, -0.05) is 42.5 Å². The Morgan fingerprint density at radius 1 is 1.12 bits per heavy atom. The molecule has 2 unspecified atom stereocenters. The van der Waals surface area contributed by atoms with E-state index in [4.69, 9.17) is 9.47 Å². The van der Waals surface area contributed by atoms with Crippen molar-refractivity contribution in [3.63, 3.8) is 0 Å². The summed E-state index contributed by atoms with van der Waals surface area (Å²) in [5.74, 6) is -0.611. The quantitative estimate of drug-likeness (QED) is 0.744. The second-order valence-corrected chi connectivity index (χ2v) is 4.71. The minimum Gasteiger partial charge on any atom is -0.343 e. The van der Waals surface area contributed by atoms with Crippen molar-refractivity contribution in [1.82, 2.24) is 0 Å². The summed E-state index contributed by atoms with van der Waals surface area (Å²) < 4.78 is 11.7. The standard InChI is InChI=1S/C15H16O2/c1-11-10-16-15(2,17-11)14-9-5-7-12-6-3-4-8-13(12)14/h3-9,11H,10H2,1-2H3. The van der Waals surface area contributed by atoms with Gasteiger partial charge in [-0.05, 0) is 24.6 Å². The predicted molar refractivity (Wildman–Crippen MR) is 67.8 cm³/mol. The van der Waals surface area contributed by atoms with E-state index in [-0.39, 0.29) is 6.10 Å². The van der Waals surface area contributed by atoms with Gasteiger partial charge in [-0.3, -0.25) is 0 Å². The van der Waals surface area contributed by atoms with Gasteiger partial charge in [-0.15, -0.1) is 0 Å². The SMILES string of the molecule is CC1COC(C)(c2cccc3ccccc23)O1. The lowest BCUT2D eigenvalue weighted by Gasteiger charge is -2.25. The van der Waals surface area contributed by atoms with Gasteiger partial charge in [0.25, 0.3) is 0 Å². The average molecular weight is 228 g/mol. The largest absolute Gasteiger partial charge is 0.343 e. The van der Waals surface area contributed by atoms with Crippen molar-refractivity contribution in [3.8, 4) is 0 Å². The molecule has 88 valence electrons. The topological polar surface area (TPSA) is 18.5 Å². The van der Waals surface area contributed by atoms with Crippen molar-refractivity contribution >= 4 is 10.8 Å². The molecule has 0 N–H and O–H groups in total. The van der Waals surface area contributed by atoms with E-state index in [1.807, 2.05) is 26.0 Å². The highest BCUT2D eigenvalue weighted by Gasteiger charge is 2.37. The molecule has 2 heteroatoms. The fraction of sp³-hybridized carbons (Fsp3) is 0.333. The second kappa shape index (κ2) is 3.83. The van der Waals surface area contributed by atoms with Crippen LogP contribution in [0.2, 0.25) is 0 Å². The summed E-state index contributed by atoms with van der Waals surface area (Å²) in [7, 11) is 0. The third-order valence-corrected chi connectivity index (χ3v) is 3.30. The van der Waals surface area contributed by atoms with Crippen LogP contribution in [-0.4, -0.2) is 12.7 Å². The molecule has 1 aliphatic heterocycles. The maximum atomic E-state index is 5.92. The smallest absolute Gasteiger partial charge is 0.193 e. The van der Waals surface area contributed by atoms with Crippen LogP contribution in [0.15, 0.2) is 42.5 Å². The average Bonchev–Trinajstić information content (AvgIpc) is 2.70. The Balaban J connectivity index is 2.17. The second-order valence-electron chi connectivity index (χ2n) is 4.71. The molecule has 1 saturated heterocycles. The van der Waals surface area contributed by atoms with Crippen LogP contribution in [0.1, 0.15) is 19.4 Å². The fourth-order valence-electron chi connectivity index (χ4n) is 2.49. The zero-order valence-corrected chi connectivity index (χ0v) is 10.1. The summed E-state index contributed by atoms with van der Waals surface area (Å²) in [6.45, 7) is 4.69. The molecule has 3 rings (SSSR count). The highest BCUT2D eigenvalue weighted by Crippen LogP contribution is 2.37. The van der Waals surface area contributed by atoms with Crippen molar-refractivity contribution in [2.45, 2.75) is 25.7 Å². The van der Waals surface area contributed by atoms with Crippen LogP contribution in [0, 0.1) is 0 Å². The third-order valence-electron chi connectivity index (χ3n) is 3.30. The predicted octanol–water partition coefficient (Wildman–Crippen LogP) is 3.45. The number of ether oxygens (including phenoxy) is 2. The van der Waals surface area contributed by atoms with Gasteiger partial charge in [0, 0.05) is 5.56 Å². The van der Waals surface area contributed by atoms with E-state index in [0.717, 1.165) is 5.56 Å². The van der Waals surface area contributed by atoms with E-state index < -0.39 is 5.79 Å². The Kier molecular flexibility index (Phi) is 2.42. The first-order chi connectivity index (χ1) is 8.19.